The van der Waals surface area contributed by atoms with Crippen LogP contribution in [0.3, 0.4) is 0 Å². The van der Waals surface area contributed by atoms with Crippen LogP contribution in [-0.4, -0.2) is 34.2 Å². The summed E-state index contributed by atoms with van der Waals surface area (Å²) in [5.74, 6) is 0. The second-order valence-corrected chi connectivity index (χ2v) is 4.34. The van der Waals surface area contributed by atoms with E-state index in [0.717, 1.165) is 38.2 Å². The molecule has 0 amide bonds. The Morgan fingerprint density at radius 3 is 3.07 bits per heavy atom. The first-order valence-corrected chi connectivity index (χ1v) is 5.56. The van der Waals surface area contributed by atoms with Crippen LogP contribution in [0, 0.1) is 6.92 Å². The van der Waals surface area contributed by atoms with Crippen LogP contribution in [0.4, 0.5) is 0 Å². The molecule has 2 rings (SSSR count). The van der Waals surface area contributed by atoms with E-state index >= 15 is 0 Å². The van der Waals surface area contributed by atoms with Crippen molar-refractivity contribution in [3.8, 4) is 0 Å². The largest absolute Gasteiger partial charge is 0.392 e. The van der Waals surface area contributed by atoms with Crippen molar-refractivity contribution < 1.29 is 5.11 Å². The van der Waals surface area contributed by atoms with Gasteiger partial charge >= 0.3 is 0 Å². The Labute approximate surface area is 90.8 Å². The van der Waals surface area contributed by atoms with E-state index in [1.807, 2.05) is 19.2 Å². The molecule has 15 heavy (non-hydrogen) atoms. The molecule has 82 valence electrons. The Hall–Kier alpha value is -0.930. The maximum absolute atomic E-state index is 9.54. The van der Waals surface area contributed by atoms with E-state index in [1.54, 1.807) is 0 Å². The van der Waals surface area contributed by atoms with Gasteiger partial charge in [0.1, 0.15) is 0 Å². The molecule has 2 heterocycles. The molecule has 0 spiro atoms. The number of aryl methyl sites for hydroxylation is 1. The number of β-amino-alcohol motifs (C(OH)–C–C–N with tert-alkyl or cyclic N) is 1. The Morgan fingerprint density at radius 1 is 1.53 bits per heavy atom. The highest BCUT2D eigenvalue weighted by molar-refractivity contribution is 5.13. The molecular formula is C12H18N2O. The lowest BCUT2D eigenvalue weighted by atomic mass is 10.1. The molecule has 0 unspecified atom stereocenters. The van der Waals surface area contributed by atoms with Crippen LogP contribution >= 0.6 is 0 Å². The van der Waals surface area contributed by atoms with Gasteiger partial charge in [0, 0.05) is 25.0 Å². The maximum atomic E-state index is 9.54. The first-order chi connectivity index (χ1) is 7.24. The monoisotopic (exact) mass is 206 g/mol. The van der Waals surface area contributed by atoms with Gasteiger partial charge in [0.15, 0.2) is 0 Å². The van der Waals surface area contributed by atoms with E-state index in [2.05, 4.69) is 16.0 Å². The smallest absolute Gasteiger partial charge is 0.0667 e. The Morgan fingerprint density at radius 2 is 2.40 bits per heavy atom. The molecule has 1 saturated heterocycles. The van der Waals surface area contributed by atoms with E-state index in [0.29, 0.717) is 0 Å². The number of rotatable bonds is 2. The van der Waals surface area contributed by atoms with Gasteiger partial charge in [0.2, 0.25) is 0 Å². The molecule has 0 aromatic carbocycles. The van der Waals surface area contributed by atoms with E-state index in [1.165, 1.54) is 5.56 Å². The van der Waals surface area contributed by atoms with Crippen molar-refractivity contribution >= 4 is 0 Å². The summed E-state index contributed by atoms with van der Waals surface area (Å²) in [6.07, 6.45) is 3.83. The van der Waals surface area contributed by atoms with Gasteiger partial charge in [0.25, 0.3) is 0 Å². The number of nitrogens with zero attached hydrogens (tertiary/aromatic N) is 2. The second kappa shape index (κ2) is 4.73. The first-order valence-electron chi connectivity index (χ1n) is 5.56. The number of likely N-dealkylation sites (tertiary alicyclic amines) is 1. The number of aromatic nitrogens is 1. The van der Waals surface area contributed by atoms with Crippen LogP contribution in [0.5, 0.6) is 0 Å². The van der Waals surface area contributed by atoms with Gasteiger partial charge in [-0.1, -0.05) is 6.07 Å². The highest BCUT2D eigenvalue weighted by atomic mass is 16.3. The predicted octanol–water partition coefficient (Wildman–Crippen LogP) is 1.35. The molecule has 1 aliphatic rings. The number of hydrogen-bond donors (Lipinski definition) is 1. The van der Waals surface area contributed by atoms with Gasteiger partial charge in [-0.05, 0) is 37.9 Å². The predicted molar refractivity (Wildman–Crippen MR) is 59.5 cm³/mol. The number of pyridine rings is 1. The van der Waals surface area contributed by atoms with Crippen molar-refractivity contribution in [2.24, 2.45) is 0 Å². The van der Waals surface area contributed by atoms with Crippen LogP contribution in [0.2, 0.25) is 0 Å². The van der Waals surface area contributed by atoms with E-state index in [-0.39, 0.29) is 6.10 Å². The van der Waals surface area contributed by atoms with Crippen LogP contribution < -0.4 is 0 Å². The summed E-state index contributed by atoms with van der Waals surface area (Å²) < 4.78 is 0. The molecule has 1 N–H and O–H groups in total. The highest BCUT2D eigenvalue weighted by Gasteiger charge is 2.17. The summed E-state index contributed by atoms with van der Waals surface area (Å²) in [7, 11) is 0. The average molecular weight is 206 g/mol. The minimum atomic E-state index is -0.142. The van der Waals surface area contributed by atoms with Gasteiger partial charge in [-0.2, -0.15) is 0 Å². The van der Waals surface area contributed by atoms with Crippen molar-refractivity contribution in [2.75, 3.05) is 13.1 Å². The molecule has 3 heteroatoms. The van der Waals surface area contributed by atoms with Gasteiger partial charge in [-0.3, -0.25) is 9.88 Å². The fourth-order valence-electron chi connectivity index (χ4n) is 2.02. The van der Waals surface area contributed by atoms with Gasteiger partial charge in [-0.25, -0.2) is 0 Å². The number of hydrogen-bond acceptors (Lipinski definition) is 3. The second-order valence-electron chi connectivity index (χ2n) is 4.34. The van der Waals surface area contributed by atoms with Crippen molar-refractivity contribution in [3.05, 3.63) is 29.6 Å². The molecule has 0 aliphatic carbocycles. The fraction of sp³-hybridized carbons (Fsp3) is 0.583. The summed E-state index contributed by atoms with van der Waals surface area (Å²) in [6.45, 7) is 4.79. The third-order valence-electron chi connectivity index (χ3n) is 2.86. The standard InChI is InChI=1S/C12H18N2O/c1-10-4-5-11(7-13-10)8-14-6-2-3-12(15)9-14/h4-5,7,12,15H,2-3,6,8-9H2,1H3/t12-/m1/s1. The topological polar surface area (TPSA) is 36.4 Å². The van der Waals surface area contributed by atoms with Gasteiger partial charge < -0.3 is 5.11 Å². The molecule has 0 bridgehead atoms. The summed E-state index contributed by atoms with van der Waals surface area (Å²) in [5.41, 5.74) is 2.28. The minimum absolute atomic E-state index is 0.142. The molecule has 1 aromatic heterocycles. The van der Waals surface area contributed by atoms with E-state index in [4.69, 9.17) is 0 Å². The molecule has 1 atom stereocenters. The van der Waals surface area contributed by atoms with E-state index < -0.39 is 0 Å². The lowest BCUT2D eigenvalue weighted by Crippen LogP contribution is -2.37. The third-order valence-corrected chi connectivity index (χ3v) is 2.86. The van der Waals surface area contributed by atoms with Crippen molar-refractivity contribution in [3.63, 3.8) is 0 Å². The van der Waals surface area contributed by atoms with Crippen molar-refractivity contribution in [1.29, 1.82) is 0 Å². The molecule has 1 fully saturated rings. The van der Waals surface area contributed by atoms with Crippen LogP contribution in [-0.2, 0) is 6.54 Å². The molecule has 1 aliphatic heterocycles. The number of aliphatic hydroxyl groups is 1. The average Bonchev–Trinajstić information content (AvgIpc) is 2.22. The normalized spacial score (nSPS) is 22.9. The summed E-state index contributed by atoms with van der Waals surface area (Å²) in [6, 6.07) is 4.15. The summed E-state index contributed by atoms with van der Waals surface area (Å²) in [5, 5.41) is 9.54. The summed E-state index contributed by atoms with van der Waals surface area (Å²) >= 11 is 0. The Kier molecular flexibility index (Phi) is 3.34. The molecule has 0 radical (unpaired) electrons. The fourth-order valence-corrected chi connectivity index (χ4v) is 2.02. The molecular weight excluding hydrogens is 188 g/mol. The maximum Gasteiger partial charge on any atom is 0.0667 e. The van der Waals surface area contributed by atoms with E-state index in [9.17, 15) is 5.11 Å². The third kappa shape index (κ3) is 3.01. The summed E-state index contributed by atoms with van der Waals surface area (Å²) in [4.78, 5) is 6.57. The molecule has 3 nitrogen and oxygen atoms in total. The van der Waals surface area contributed by atoms with Crippen LogP contribution in [0.1, 0.15) is 24.1 Å². The zero-order valence-corrected chi connectivity index (χ0v) is 9.19. The highest BCUT2D eigenvalue weighted by Crippen LogP contribution is 2.13. The minimum Gasteiger partial charge on any atom is -0.392 e. The van der Waals surface area contributed by atoms with Crippen molar-refractivity contribution in [1.82, 2.24) is 9.88 Å². The van der Waals surface area contributed by atoms with Gasteiger partial charge in [0.05, 0.1) is 6.10 Å². The number of aliphatic hydroxyl groups excluding tert-OH is 1. The molecule has 1 aromatic rings. The Bertz CT molecular complexity index is 310. The quantitative estimate of drug-likeness (QED) is 0.793. The van der Waals surface area contributed by atoms with Crippen molar-refractivity contribution in [2.45, 2.75) is 32.4 Å². The van der Waals surface area contributed by atoms with Crippen LogP contribution in [0.25, 0.3) is 0 Å². The zero-order valence-electron chi connectivity index (χ0n) is 9.19. The zero-order chi connectivity index (χ0) is 10.7. The lowest BCUT2D eigenvalue weighted by Gasteiger charge is -2.29. The number of piperidine rings is 1. The Balaban J connectivity index is 1.93. The van der Waals surface area contributed by atoms with Crippen LogP contribution in [0.15, 0.2) is 18.3 Å². The van der Waals surface area contributed by atoms with Gasteiger partial charge in [-0.15, -0.1) is 0 Å². The SMILES string of the molecule is Cc1ccc(CN2CCC[C@@H](O)C2)cn1. The first kappa shape index (κ1) is 10.6. The lowest BCUT2D eigenvalue weighted by molar-refractivity contribution is 0.0668. The molecule has 0 saturated carbocycles.